The quantitative estimate of drug-likeness (QED) is 0.855. The van der Waals surface area contributed by atoms with E-state index in [2.05, 4.69) is 41.1 Å². The monoisotopic (exact) mass is 299 g/mol. The Labute approximate surface area is 130 Å². The minimum Gasteiger partial charge on any atom is -0.445 e. The van der Waals surface area contributed by atoms with Gasteiger partial charge in [0, 0.05) is 38.8 Å². The molecule has 0 bridgehead atoms. The largest absolute Gasteiger partial charge is 0.445 e. The highest BCUT2D eigenvalue weighted by atomic mass is 16.4. The summed E-state index contributed by atoms with van der Waals surface area (Å²) in [6.45, 7) is 8.74. The van der Waals surface area contributed by atoms with Gasteiger partial charge in [0.1, 0.15) is 5.76 Å². The molecule has 0 unspecified atom stereocenters. The van der Waals surface area contributed by atoms with Gasteiger partial charge < -0.3 is 14.2 Å². The van der Waals surface area contributed by atoms with Crippen LogP contribution in [0.5, 0.6) is 0 Å². The van der Waals surface area contributed by atoms with Gasteiger partial charge in [0.25, 0.3) is 5.91 Å². The maximum Gasteiger partial charge on any atom is 0.276 e. The molecule has 0 aliphatic carbocycles. The summed E-state index contributed by atoms with van der Waals surface area (Å²) in [7, 11) is 0. The molecule has 1 amide bonds. The third-order valence-electron chi connectivity index (χ3n) is 4.04. The van der Waals surface area contributed by atoms with Crippen molar-refractivity contribution in [3.05, 3.63) is 47.2 Å². The van der Waals surface area contributed by atoms with Crippen LogP contribution in [-0.4, -0.2) is 42.0 Å². The van der Waals surface area contributed by atoms with Gasteiger partial charge in [-0.1, -0.05) is 12.1 Å². The maximum atomic E-state index is 12.5. The Bertz CT molecular complexity index is 685. The number of amides is 1. The molecule has 2 aromatic rings. The fourth-order valence-corrected chi connectivity index (χ4v) is 2.87. The first-order valence-corrected chi connectivity index (χ1v) is 7.59. The molecular formula is C17H21N3O2. The van der Waals surface area contributed by atoms with Crippen molar-refractivity contribution in [3.63, 3.8) is 0 Å². The molecule has 0 saturated carbocycles. The number of anilines is 1. The number of aryl methyl sites for hydroxylation is 3. The Morgan fingerprint density at radius 3 is 2.45 bits per heavy atom. The van der Waals surface area contributed by atoms with E-state index in [1.54, 1.807) is 13.8 Å². The number of aromatic nitrogens is 1. The first-order valence-electron chi connectivity index (χ1n) is 7.59. The van der Waals surface area contributed by atoms with Crippen LogP contribution in [0, 0.1) is 20.8 Å². The Kier molecular flexibility index (Phi) is 3.88. The molecule has 5 nitrogen and oxygen atoms in total. The van der Waals surface area contributed by atoms with Crippen LogP contribution in [0.1, 0.15) is 27.7 Å². The van der Waals surface area contributed by atoms with Gasteiger partial charge in [-0.25, -0.2) is 4.98 Å². The van der Waals surface area contributed by atoms with Gasteiger partial charge in [-0.05, 0) is 31.5 Å². The zero-order valence-corrected chi connectivity index (χ0v) is 13.3. The van der Waals surface area contributed by atoms with Crippen LogP contribution in [0.3, 0.4) is 0 Å². The van der Waals surface area contributed by atoms with Crippen LogP contribution in [0.4, 0.5) is 5.69 Å². The van der Waals surface area contributed by atoms with Gasteiger partial charge in [0.15, 0.2) is 11.6 Å². The van der Waals surface area contributed by atoms with Crippen molar-refractivity contribution in [1.29, 1.82) is 0 Å². The molecule has 1 saturated heterocycles. The number of oxazole rings is 1. The molecule has 0 N–H and O–H groups in total. The lowest BCUT2D eigenvalue weighted by Crippen LogP contribution is -2.49. The second-order valence-corrected chi connectivity index (χ2v) is 5.76. The summed E-state index contributed by atoms with van der Waals surface area (Å²) in [5, 5.41) is 0. The Morgan fingerprint density at radius 1 is 1.14 bits per heavy atom. The van der Waals surface area contributed by atoms with Crippen molar-refractivity contribution in [2.45, 2.75) is 20.8 Å². The minimum absolute atomic E-state index is 0.0294. The lowest BCUT2D eigenvalue weighted by Gasteiger charge is -2.36. The zero-order chi connectivity index (χ0) is 15.7. The number of carbonyl (C=O) groups excluding carboxylic acids is 1. The number of rotatable bonds is 2. The van der Waals surface area contributed by atoms with E-state index in [-0.39, 0.29) is 5.91 Å². The van der Waals surface area contributed by atoms with Crippen molar-refractivity contribution >= 4 is 11.6 Å². The van der Waals surface area contributed by atoms with Crippen molar-refractivity contribution < 1.29 is 9.21 Å². The molecule has 1 aliphatic heterocycles. The fourth-order valence-electron chi connectivity index (χ4n) is 2.87. The van der Waals surface area contributed by atoms with Crippen LogP contribution in [0.15, 0.2) is 28.7 Å². The van der Waals surface area contributed by atoms with Gasteiger partial charge >= 0.3 is 0 Å². The molecule has 22 heavy (non-hydrogen) atoms. The molecule has 0 radical (unpaired) electrons. The summed E-state index contributed by atoms with van der Waals surface area (Å²) in [5.41, 5.74) is 2.92. The van der Waals surface area contributed by atoms with E-state index in [0.717, 1.165) is 13.1 Å². The molecule has 1 aliphatic rings. The summed E-state index contributed by atoms with van der Waals surface area (Å²) < 4.78 is 5.36. The van der Waals surface area contributed by atoms with Gasteiger partial charge in [-0.3, -0.25) is 4.79 Å². The summed E-state index contributed by atoms with van der Waals surface area (Å²) in [6, 6.07) is 8.47. The molecule has 1 aromatic carbocycles. The molecule has 1 fully saturated rings. The van der Waals surface area contributed by atoms with Crippen LogP contribution in [0.2, 0.25) is 0 Å². The molecule has 0 spiro atoms. The molecule has 5 heteroatoms. The summed E-state index contributed by atoms with van der Waals surface area (Å²) in [5.74, 6) is 1.11. The number of hydrogen-bond acceptors (Lipinski definition) is 4. The molecule has 116 valence electrons. The number of piperazine rings is 1. The van der Waals surface area contributed by atoms with Crippen LogP contribution < -0.4 is 4.90 Å². The van der Waals surface area contributed by atoms with Crippen molar-refractivity contribution in [2.75, 3.05) is 31.1 Å². The first-order chi connectivity index (χ1) is 10.5. The van der Waals surface area contributed by atoms with Crippen LogP contribution in [0.25, 0.3) is 0 Å². The van der Waals surface area contributed by atoms with Crippen molar-refractivity contribution in [3.8, 4) is 0 Å². The molecule has 0 atom stereocenters. The molecular weight excluding hydrogens is 278 g/mol. The standard InChI is InChI=1S/C17H21N3O2/c1-12-5-4-6-15(11-12)19-7-9-20(10-8-19)17(21)16-13(2)22-14(3)18-16/h4-6,11H,7-10H2,1-3H3. The predicted octanol–water partition coefficient (Wildman–Crippen LogP) is 2.56. The Balaban J connectivity index is 1.67. The first kappa shape index (κ1) is 14.6. The second-order valence-electron chi connectivity index (χ2n) is 5.76. The summed E-state index contributed by atoms with van der Waals surface area (Å²) in [6.07, 6.45) is 0. The van der Waals surface area contributed by atoms with Crippen molar-refractivity contribution in [2.24, 2.45) is 0 Å². The van der Waals surface area contributed by atoms with E-state index in [1.807, 2.05) is 4.90 Å². The number of hydrogen-bond donors (Lipinski definition) is 0. The van der Waals surface area contributed by atoms with Gasteiger partial charge in [0.05, 0.1) is 0 Å². The van der Waals surface area contributed by atoms with Gasteiger partial charge in [-0.15, -0.1) is 0 Å². The highest BCUT2D eigenvalue weighted by molar-refractivity contribution is 5.93. The van der Waals surface area contributed by atoms with E-state index in [0.29, 0.717) is 30.4 Å². The molecule has 3 rings (SSSR count). The Hall–Kier alpha value is -2.30. The fraction of sp³-hybridized carbons (Fsp3) is 0.412. The number of nitrogens with zero attached hydrogens (tertiary/aromatic N) is 3. The third kappa shape index (κ3) is 2.84. The third-order valence-corrected chi connectivity index (χ3v) is 4.04. The van der Waals surface area contributed by atoms with E-state index < -0.39 is 0 Å². The zero-order valence-electron chi connectivity index (χ0n) is 13.3. The highest BCUT2D eigenvalue weighted by Gasteiger charge is 2.26. The second kappa shape index (κ2) is 5.83. The van der Waals surface area contributed by atoms with E-state index >= 15 is 0 Å². The average Bonchev–Trinajstić information content (AvgIpc) is 2.85. The van der Waals surface area contributed by atoms with Crippen molar-refractivity contribution in [1.82, 2.24) is 9.88 Å². The SMILES string of the molecule is Cc1cccc(N2CCN(C(=O)c3nc(C)oc3C)CC2)c1. The summed E-state index contributed by atoms with van der Waals surface area (Å²) >= 11 is 0. The smallest absolute Gasteiger partial charge is 0.276 e. The minimum atomic E-state index is -0.0294. The molecule has 1 aromatic heterocycles. The molecule has 2 heterocycles. The van der Waals surface area contributed by atoms with Gasteiger partial charge in [0.2, 0.25) is 0 Å². The van der Waals surface area contributed by atoms with Crippen LogP contribution >= 0.6 is 0 Å². The van der Waals surface area contributed by atoms with Crippen LogP contribution in [-0.2, 0) is 0 Å². The lowest BCUT2D eigenvalue weighted by molar-refractivity contribution is 0.0739. The average molecular weight is 299 g/mol. The summed E-state index contributed by atoms with van der Waals surface area (Å²) in [4.78, 5) is 20.9. The Morgan fingerprint density at radius 2 is 1.86 bits per heavy atom. The highest BCUT2D eigenvalue weighted by Crippen LogP contribution is 2.19. The van der Waals surface area contributed by atoms with E-state index in [4.69, 9.17) is 4.42 Å². The number of benzene rings is 1. The normalized spacial score (nSPS) is 15.2. The number of carbonyl (C=O) groups is 1. The van der Waals surface area contributed by atoms with Gasteiger partial charge in [-0.2, -0.15) is 0 Å². The van der Waals surface area contributed by atoms with E-state index in [9.17, 15) is 4.79 Å². The predicted molar refractivity (Wildman–Crippen MR) is 85.3 cm³/mol. The van der Waals surface area contributed by atoms with E-state index in [1.165, 1.54) is 11.3 Å². The topological polar surface area (TPSA) is 49.6 Å². The lowest BCUT2D eigenvalue weighted by atomic mass is 10.2. The maximum absolute atomic E-state index is 12.5.